The Hall–Kier alpha value is -0.810. The first-order valence-electron chi connectivity index (χ1n) is 3.21. The fraction of sp³-hybridized carbons (Fsp3) is 0.800. The minimum absolute atomic E-state index is 0.843. The quantitative estimate of drug-likeness (QED) is 0.589. The first kappa shape index (κ1) is 7.30. The number of hydrazine groups is 2. The molecular formula is C5H12N4O. The van der Waals surface area contributed by atoms with Crippen molar-refractivity contribution in [1.29, 1.82) is 0 Å². The van der Waals surface area contributed by atoms with Gasteiger partial charge in [0.05, 0.1) is 7.11 Å². The third-order valence-corrected chi connectivity index (χ3v) is 1.36. The number of hydrazone groups is 1. The second-order valence-electron chi connectivity index (χ2n) is 1.93. The van der Waals surface area contributed by atoms with Crippen LogP contribution in [0.2, 0.25) is 0 Å². The van der Waals surface area contributed by atoms with Crippen LogP contribution in [0.1, 0.15) is 13.8 Å². The van der Waals surface area contributed by atoms with Gasteiger partial charge in [0, 0.05) is 11.8 Å². The predicted octanol–water partition coefficient (Wildman–Crippen LogP) is -0.0617. The number of hydrogen-bond acceptors (Lipinski definition) is 5. The molecule has 0 aromatic heterocycles. The van der Waals surface area contributed by atoms with E-state index in [-0.39, 0.29) is 0 Å². The SMILES string of the molecule is CCN1C(C)=NNN1OC. The van der Waals surface area contributed by atoms with Crippen LogP contribution in [0.3, 0.4) is 0 Å². The molecule has 5 nitrogen and oxygen atoms in total. The zero-order valence-corrected chi connectivity index (χ0v) is 6.46. The van der Waals surface area contributed by atoms with Gasteiger partial charge in [0.15, 0.2) is 0 Å². The van der Waals surface area contributed by atoms with E-state index in [1.807, 2.05) is 18.9 Å². The van der Waals surface area contributed by atoms with Crippen molar-refractivity contribution < 1.29 is 4.84 Å². The normalized spacial score (nSPS) is 19.1. The summed E-state index contributed by atoms with van der Waals surface area (Å²) in [5.41, 5.74) is 2.68. The van der Waals surface area contributed by atoms with Crippen LogP contribution < -0.4 is 5.53 Å². The minimum Gasteiger partial charge on any atom is -0.263 e. The van der Waals surface area contributed by atoms with Crippen molar-refractivity contribution in [3.05, 3.63) is 0 Å². The Morgan fingerprint density at radius 2 is 2.40 bits per heavy atom. The van der Waals surface area contributed by atoms with Crippen LogP contribution in [0, 0.1) is 0 Å². The molecule has 0 aromatic carbocycles. The van der Waals surface area contributed by atoms with Gasteiger partial charge in [-0.05, 0) is 13.8 Å². The van der Waals surface area contributed by atoms with Gasteiger partial charge in [-0.25, -0.2) is 5.01 Å². The van der Waals surface area contributed by atoms with Crippen LogP contribution >= 0.6 is 0 Å². The number of nitrogens with one attached hydrogen (secondary N) is 1. The van der Waals surface area contributed by atoms with E-state index < -0.39 is 0 Å². The molecule has 0 atom stereocenters. The molecule has 0 saturated heterocycles. The Labute approximate surface area is 60.1 Å². The molecule has 0 saturated carbocycles. The van der Waals surface area contributed by atoms with E-state index in [0.717, 1.165) is 12.4 Å². The fourth-order valence-electron chi connectivity index (χ4n) is 0.855. The van der Waals surface area contributed by atoms with Crippen molar-refractivity contribution in [1.82, 2.24) is 15.8 Å². The number of nitrogens with zero attached hydrogens (tertiary/aromatic N) is 3. The number of rotatable bonds is 2. The minimum atomic E-state index is 0.843. The van der Waals surface area contributed by atoms with E-state index in [9.17, 15) is 0 Å². The average molecular weight is 144 g/mol. The monoisotopic (exact) mass is 144 g/mol. The molecule has 1 aliphatic rings. The standard InChI is InChI=1S/C5H12N4O/c1-4-8-5(2)6-7-9(8)10-3/h7H,4H2,1-3H3. The van der Waals surface area contributed by atoms with Crippen molar-refractivity contribution in [2.75, 3.05) is 13.7 Å². The summed E-state index contributed by atoms with van der Waals surface area (Å²) in [4.78, 5) is 4.92. The van der Waals surface area contributed by atoms with Gasteiger partial charge < -0.3 is 0 Å². The second-order valence-corrected chi connectivity index (χ2v) is 1.93. The summed E-state index contributed by atoms with van der Waals surface area (Å²) in [6, 6.07) is 0. The van der Waals surface area contributed by atoms with Crippen LogP contribution in [-0.4, -0.2) is 29.8 Å². The van der Waals surface area contributed by atoms with Crippen LogP contribution in [0.4, 0.5) is 0 Å². The average Bonchev–Trinajstić information content (AvgIpc) is 2.30. The molecule has 0 radical (unpaired) electrons. The molecule has 0 aliphatic carbocycles. The van der Waals surface area contributed by atoms with Crippen molar-refractivity contribution in [3.8, 4) is 0 Å². The van der Waals surface area contributed by atoms with E-state index in [4.69, 9.17) is 4.84 Å². The Morgan fingerprint density at radius 3 is 2.80 bits per heavy atom. The highest BCUT2D eigenvalue weighted by Gasteiger charge is 2.19. The molecule has 5 heteroatoms. The molecule has 0 unspecified atom stereocenters. The third-order valence-electron chi connectivity index (χ3n) is 1.36. The Balaban J connectivity index is 2.54. The molecule has 0 fully saturated rings. The number of amidine groups is 1. The lowest BCUT2D eigenvalue weighted by Gasteiger charge is -2.23. The lowest BCUT2D eigenvalue weighted by molar-refractivity contribution is -0.260. The summed E-state index contributed by atoms with van der Waals surface area (Å²) in [6.07, 6.45) is 0. The van der Waals surface area contributed by atoms with Crippen LogP contribution in [-0.2, 0) is 4.84 Å². The molecule has 1 heterocycles. The smallest absolute Gasteiger partial charge is 0.141 e. The second kappa shape index (κ2) is 2.85. The van der Waals surface area contributed by atoms with Crippen LogP contribution in [0.5, 0.6) is 0 Å². The Kier molecular flexibility index (Phi) is 2.08. The largest absolute Gasteiger partial charge is 0.263 e. The van der Waals surface area contributed by atoms with Gasteiger partial charge in [0.2, 0.25) is 0 Å². The summed E-state index contributed by atoms with van der Waals surface area (Å²) >= 11 is 0. The molecule has 1 rings (SSSR count). The molecular weight excluding hydrogens is 132 g/mol. The lowest BCUT2D eigenvalue weighted by atomic mass is 10.6. The highest BCUT2D eigenvalue weighted by Crippen LogP contribution is 2.02. The van der Waals surface area contributed by atoms with E-state index >= 15 is 0 Å². The van der Waals surface area contributed by atoms with E-state index in [0.29, 0.717) is 0 Å². The van der Waals surface area contributed by atoms with Crippen molar-refractivity contribution in [2.45, 2.75) is 13.8 Å². The van der Waals surface area contributed by atoms with E-state index in [2.05, 4.69) is 10.6 Å². The first-order valence-corrected chi connectivity index (χ1v) is 3.21. The van der Waals surface area contributed by atoms with E-state index in [1.165, 1.54) is 5.28 Å². The molecule has 10 heavy (non-hydrogen) atoms. The Morgan fingerprint density at radius 1 is 1.70 bits per heavy atom. The maximum atomic E-state index is 4.92. The molecule has 0 bridgehead atoms. The molecule has 1 N–H and O–H groups in total. The fourth-order valence-corrected chi connectivity index (χ4v) is 0.855. The Bertz CT molecular complexity index is 147. The highest BCUT2D eigenvalue weighted by molar-refractivity contribution is 5.79. The molecule has 1 aliphatic heterocycles. The van der Waals surface area contributed by atoms with Gasteiger partial charge in [-0.2, -0.15) is 5.53 Å². The molecule has 0 aromatic rings. The lowest BCUT2D eigenvalue weighted by Crippen LogP contribution is -2.43. The molecule has 58 valence electrons. The van der Waals surface area contributed by atoms with Gasteiger partial charge in [-0.15, -0.1) is 5.10 Å². The number of hydrogen-bond donors (Lipinski definition) is 1. The summed E-state index contributed by atoms with van der Waals surface area (Å²) < 4.78 is 0. The summed E-state index contributed by atoms with van der Waals surface area (Å²) in [5.74, 6) is 0.907. The van der Waals surface area contributed by atoms with Crippen molar-refractivity contribution >= 4 is 5.84 Å². The van der Waals surface area contributed by atoms with Gasteiger partial charge >= 0.3 is 0 Å². The van der Waals surface area contributed by atoms with Crippen molar-refractivity contribution in [2.24, 2.45) is 5.10 Å². The van der Waals surface area contributed by atoms with Crippen LogP contribution in [0.25, 0.3) is 0 Å². The zero-order valence-electron chi connectivity index (χ0n) is 6.46. The summed E-state index contributed by atoms with van der Waals surface area (Å²) in [6.45, 7) is 4.78. The zero-order chi connectivity index (χ0) is 7.56. The topological polar surface area (TPSA) is 40.1 Å². The first-order chi connectivity index (χ1) is 4.79. The maximum Gasteiger partial charge on any atom is 0.141 e. The highest BCUT2D eigenvalue weighted by atomic mass is 16.7. The molecule has 0 amide bonds. The molecule has 0 spiro atoms. The van der Waals surface area contributed by atoms with E-state index in [1.54, 1.807) is 7.11 Å². The van der Waals surface area contributed by atoms with Gasteiger partial charge in [-0.3, -0.25) is 4.84 Å². The van der Waals surface area contributed by atoms with Crippen LogP contribution in [0.15, 0.2) is 5.10 Å². The van der Waals surface area contributed by atoms with Gasteiger partial charge in [-0.1, -0.05) is 0 Å². The predicted molar refractivity (Wildman–Crippen MR) is 37.5 cm³/mol. The maximum absolute atomic E-state index is 4.92. The van der Waals surface area contributed by atoms with Gasteiger partial charge in [0.25, 0.3) is 0 Å². The summed E-state index contributed by atoms with van der Waals surface area (Å²) in [5, 5.41) is 7.29. The van der Waals surface area contributed by atoms with Gasteiger partial charge in [0.1, 0.15) is 5.84 Å². The van der Waals surface area contributed by atoms with Crippen molar-refractivity contribution in [3.63, 3.8) is 0 Å². The summed E-state index contributed by atoms with van der Waals surface area (Å²) in [7, 11) is 1.59. The third kappa shape index (κ3) is 1.05.